The maximum atomic E-state index is 4.47. The fraction of sp³-hybridized carbons (Fsp3) is 0.0556. The summed E-state index contributed by atoms with van der Waals surface area (Å²) in [5, 5.41) is 8.25. The molecule has 3 heteroatoms. The van der Waals surface area contributed by atoms with Crippen molar-refractivity contribution in [1.82, 2.24) is 5.43 Å². The van der Waals surface area contributed by atoms with Crippen molar-refractivity contribution in [3.63, 3.8) is 0 Å². The van der Waals surface area contributed by atoms with Crippen molar-refractivity contribution < 1.29 is 0 Å². The van der Waals surface area contributed by atoms with Crippen molar-refractivity contribution in [1.29, 1.82) is 0 Å². The van der Waals surface area contributed by atoms with E-state index in [4.69, 9.17) is 0 Å². The third kappa shape index (κ3) is 2.41. The Balaban J connectivity index is 1.61. The Kier molecular flexibility index (Phi) is 3.13. The van der Waals surface area contributed by atoms with Gasteiger partial charge in [0.05, 0.1) is 0 Å². The molecule has 0 saturated heterocycles. The van der Waals surface area contributed by atoms with E-state index in [2.05, 4.69) is 65.1 Å². The third-order valence-corrected chi connectivity index (χ3v) is 4.77. The summed E-state index contributed by atoms with van der Waals surface area (Å²) in [6, 6.07) is 25.3. The standard InChI is InChI=1S/C18H14N2S/c1-2-7-14(8-3-1)17-19-20-18(21-17)16-11-10-13-6-4-5-9-15(13)12-16/h1-12,18,20H/t18-/m1/s1. The van der Waals surface area contributed by atoms with Gasteiger partial charge in [-0.15, -0.1) is 0 Å². The van der Waals surface area contributed by atoms with E-state index in [0.29, 0.717) is 0 Å². The second-order valence-corrected chi connectivity index (χ2v) is 6.11. The number of nitrogens with one attached hydrogen (secondary N) is 1. The molecule has 0 bridgehead atoms. The molecule has 1 heterocycles. The first-order valence-corrected chi connectivity index (χ1v) is 7.82. The molecule has 0 spiro atoms. The summed E-state index contributed by atoms with van der Waals surface area (Å²) >= 11 is 1.76. The molecule has 1 atom stereocenters. The van der Waals surface area contributed by atoms with E-state index in [1.165, 1.54) is 21.9 Å². The summed E-state index contributed by atoms with van der Waals surface area (Å²) in [6.07, 6.45) is 0. The van der Waals surface area contributed by atoms with Gasteiger partial charge in [-0.3, -0.25) is 5.43 Å². The first kappa shape index (κ1) is 12.5. The lowest BCUT2D eigenvalue weighted by atomic mass is 10.1. The third-order valence-electron chi connectivity index (χ3n) is 3.61. The topological polar surface area (TPSA) is 24.4 Å². The van der Waals surface area contributed by atoms with E-state index in [-0.39, 0.29) is 5.37 Å². The van der Waals surface area contributed by atoms with Crippen molar-refractivity contribution in [2.24, 2.45) is 5.10 Å². The molecule has 102 valence electrons. The molecule has 4 rings (SSSR count). The van der Waals surface area contributed by atoms with Gasteiger partial charge in [0.25, 0.3) is 0 Å². The molecule has 0 aliphatic carbocycles. The summed E-state index contributed by atoms with van der Waals surface area (Å²) in [7, 11) is 0. The lowest BCUT2D eigenvalue weighted by molar-refractivity contribution is 0.744. The van der Waals surface area contributed by atoms with Gasteiger partial charge in [-0.1, -0.05) is 78.5 Å². The highest BCUT2D eigenvalue weighted by Crippen LogP contribution is 2.35. The van der Waals surface area contributed by atoms with Crippen molar-refractivity contribution >= 4 is 27.6 Å². The van der Waals surface area contributed by atoms with Crippen molar-refractivity contribution in [3.8, 4) is 0 Å². The Bertz CT molecular complexity index is 812. The first-order chi connectivity index (χ1) is 10.4. The largest absolute Gasteiger partial charge is 0.291 e. The molecule has 3 aromatic carbocycles. The predicted octanol–water partition coefficient (Wildman–Crippen LogP) is 4.54. The minimum Gasteiger partial charge on any atom is -0.291 e. The lowest BCUT2D eigenvalue weighted by Gasteiger charge is -2.10. The molecule has 0 aromatic heterocycles. The van der Waals surface area contributed by atoms with Gasteiger partial charge in [-0.25, -0.2) is 0 Å². The van der Waals surface area contributed by atoms with Gasteiger partial charge < -0.3 is 0 Å². The van der Waals surface area contributed by atoms with Gasteiger partial charge in [0.2, 0.25) is 0 Å². The highest BCUT2D eigenvalue weighted by Gasteiger charge is 2.21. The molecule has 1 N–H and O–H groups in total. The fourth-order valence-electron chi connectivity index (χ4n) is 2.51. The van der Waals surface area contributed by atoms with Crippen LogP contribution in [0.5, 0.6) is 0 Å². The van der Waals surface area contributed by atoms with Crippen LogP contribution in [0.4, 0.5) is 0 Å². The highest BCUT2D eigenvalue weighted by atomic mass is 32.2. The zero-order valence-electron chi connectivity index (χ0n) is 11.4. The number of benzene rings is 3. The van der Waals surface area contributed by atoms with Gasteiger partial charge in [-0.2, -0.15) is 5.10 Å². The lowest BCUT2D eigenvalue weighted by Crippen LogP contribution is -2.06. The first-order valence-electron chi connectivity index (χ1n) is 6.94. The van der Waals surface area contributed by atoms with E-state index < -0.39 is 0 Å². The molecule has 1 aliphatic heterocycles. The molecule has 3 aromatic rings. The van der Waals surface area contributed by atoms with E-state index in [9.17, 15) is 0 Å². The molecule has 0 radical (unpaired) electrons. The Morgan fingerprint density at radius 3 is 2.43 bits per heavy atom. The van der Waals surface area contributed by atoms with E-state index in [1.54, 1.807) is 11.8 Å². The number of fused-ring (bicyclic) bond motifs is 1. The average molecular weight is 290 g/mol. The van der Waals surface area contributed by atoms with Gasteiger partial charge in [0.15, 0.2) is 0 Å². The number of hydrogen-bond acceptors (Lipinski definition) is 3. The van der Waals surface area contributed by atoms with Gasteiger partial charge in [-0.05, 0) is 22.4 Å². The molecule has 1 aliphatic rings. The van der Waals surface area contributed by atoms with Gasteiger partial charge in [0.1, 0.15) is 10.4 Å². The molecule has 0 amide bonds. The molecule has 0 saturated carbocycles. The van der Waals surface area contributed by atoms with Crippen LogP contribution in [0.1, 0.15) is 16.5 Å². The molecule has 21 heavy (non-hydrogen) atoms. The van der Waals surface area contributed by atoms with Crippen LogP contribution < -0.4 is 5.43 Å². The van der Waals surface area contributed by atoms with Crippen molar-refractivity contribution in [3.05, 3.63) is 83.9 Å². The molecule has 2 nitrogen and oxygen atoms in total. The van der Waals surface area contributed by atoms with Crippen LogP contribution >= 0.6 is 11.8 Å². The molecule has 0 fully saturated rings. The Morgan fingerprint density at radius 2 is 1.57 bits per heavy atom. The monoisotopic (exact) mass is 290 g/mol. The van der Waals surface area contributed by atoms with Crippen molar-refractivity contribution in [2.75, 3.05) is 0 Å². The number of thioether (sulfide) groups is 1. The Morgan fingerprint density at radius 1 is 0.810 bits per heavy atom. The maximum absolute atomic E-state index is 4.47. The smallest absolute Gasteiger partial charge is 0.126 e. The predicted molar refractivity (Wildman–Crippen MR) is 90.4 cm³/mol. The van der Waals surface area contributed by atoms with Crippen LogP contribution in [-0.4, -0.2) is 5.04 Å². The fourth-order valence-corrected chi connectivity index (χ4v) is 3.50. The van der Waals surface area contributed by atoms with Crippen LogP contribution in [0, 0.1) is 0 Å². The highest BCUT2D eigenvalue weighted by molar-refractivity contribution is 8.14. The summed E-state index contributed by atoms with van der Waals surface area (Å²) in [5.41, 5.74) is 5.66. The normalized spacial score (nSPS) is 17.5. The van der Waals surface area contributed by atoms with E-state index in [1.807, 2.05) is 18.2 Å². The second-order valence-electron chi connectivity index (χ2n) is 5.02. The van der Waals surface area contributed by atoms with E-state index in [0.717, 1.165) is 5.04 Å². The molecular weight excluding hydrogens is 276 g/mol. The SMILES string of the molecule is c1ccc(C2=NN[C@@H](c3ccc4ccccc4c3)S2)cc1. The van der Waals surface area contributed by atoms with Crippen LogP contribution in [0.25, 0.3) is 10.8 Å². The Hall–Kier alpha value is -2.26. The zero-order valence-corrected chi connectivity index (χ0v) is 12.2. The van der Waals surface area contributed by atoms with Gasteiger partial charge in [0, 0.05) is 5.56 Å². The van der Waals surface area contributed by atoms with E-state index >= 15 is 0 Å². The summed E-state index contributed by atoms with van der Waals surface area (Å²) in [6.45, 7) is 0. The molecular formula is C18H14N2S. The number of hydrogen-bond donors (Lipinski definition) is 1. The summed E-state index contributed by atoms with van der Waals surface area (Å²) in [4.78, 5) is 0. The van der Waals surface area contributed by atoms with Crippen LogP contribution in [-0.2, 0) is 0 Å². The van der Waals surface area contributed by atoms with Crippen LogP contribution in [0.15, 0.2) is 77.9 Å². The number of rotatable bonds is 2. The number of nitrogens with zero attached hydrogens (tertiary/aromatic N) is 1. The summed E-state index contributed by atoms with van der Waals surface area (Å²) in [5.74, 6) is 0. The maximum Gasteiger partial charge on any atom is 0.126 e. The number of hydrazone groups is 1. The Labute approximate surface area is 127 Å². The quantitative estimate of drug-likeness (QED) is 0.749. The van der Waals surface area contributed by atoms with Crippen molar-refractivity contribution in [2.45, 2.75) is 5.37 Å². The average Bonchev–Trinajstić information content (AvgIpc) is 3.05. The molecule has 0 unspecified atom stereocenters. The second kappa shape index (κ2) is 5.26. The summed E-state index contributed by atoms with van der Waals surface area (Å²) < 4.78 is 0. The van der Waals surface area contributed by atoms with Gasteiger partial charge >= 0.3 is 0 Å². The zero-order chi connectivity index (χ0) is 14.1. The van der Waals surface area contributed by atoms with Crippen LogP contribution in [0.3, 0.4) is 0 Å². The van der Waals surface area contributed by atoms with Crippen LogP contribution in [0.2, 0.25) is 0 Å². The minimum absolute atomic E-state index is 0.185. The minimum atomic E-state index is 0.185.